The molecule has 0 aromatic heterocycles. The summed E-state index contributed by atoms with van der Waals surface area (Å²) in [6.45, 7) is 4.33. The van der Waals surface area contributed by atoms with Gasteiger partial charge in [-0.05, 0) is 31.5 Å². The van der Waals surface area contributed by atoms with Gasteiger partial charge < -0.3 is 19.5 Å². The van der Waals surface area contributed by atoms with E-state index in [-0.39, 0.29) is 30.2 Å². The number of nitrogens with zero attached hydrogens (tertiary/aromatic N) is 1. The quantitative estimate of drug-likeness (QED) is 0.538. The molecule has 0 bridgehead atoms. The van der Waals surface area contributed by atoms with Crippen molar-refractivity contribution in [2.45, 2.75) is 26.5 Å². The normalized spacial score (nSPS) is 16.7. The molecule has 2 rings (SSSR count). The maximum Gasteiger partial charge on any atom is 0.387 e. The second-order valence-corrected chi connectivity index (χ2v) is 5.79. The Labute approximate surface area is 161 Å². The highest BCUT2D eigenvalue weighted by Gasteiger charge is 2.36. The minimum atomic E-state index is -3.01. The minimum Gasteiger partial charge on any atom is -0.490 e. The molecule has 0 aliphatic carbocycles. The average molecular weight is 396 g/mol. The van der Waals surface area contributed by atoms with E-state index in [1.165, 1.54) is 36.3 Å². The fourth-order valence-electron chi connectivity index (χ4n) is 2.92. The van der Waals surface area contributed by atoms with Crippen LogP contribution in [0.5, 0.6) is 11.5 Å². The van der Waals surface area contributed by atoms with Crippen LogP contribution in [0.25, 0.3) is 0 Å². The second kappa shape index (κ2) is 9.20. The van der Waals surface area contributed by atoms with E-state index in [1.807, 2.05) is 0 Å². The van der Waals surface area contributed by atoms with Crippen molar-refractivity contribution in [3.8, 4) is 11.5 Å². The molecule has 1 aromatic rings. The van der Waals surface area contributed by atoms with Gasteiger partial charge in [0.05, 0.1) is 25.3 Å². The van der Waals surface area contributed by atoms with E-state index in [9.17, 15) is 18.4 Å². The molecule has 28 heavy (non-hydrogen) atoms. The zero-order valence-corrected chi connectivity index (χ0v) is 15.8. The number of nitrogens with one attached hydrogen (secondary N) is 1. The van der Waals surface area contributed by atoms with Crippen molar-refractivity contribution in [3.05, 3.63) is 47.7 Å². The van der Waals surface area contributed by atoms with Gasteiger partial charge in [0.2, 0.25) is 0 Å². The van der Waals surface area contributed by atoms with Crippen molar-refractivity contribution in [3.63, 3.8) is 0 Å². The maximum atomic E-state index is 12.6. The molecule has 0 radical (unpaired) electrons. The number of ether oxygens (including phenoxy) is 3. The van der Waals surface area contributed by atoms with Crippen molar-refractivity contribution in [2.24, 2.45) is 0 Å². The van der Waals surface area contributed by atoms with Crippen LogP contribution in [0.15, 0.2) is 42.1 Å². The molecule has 0 spiro atoms. The van der Waals surface area contributed by atoms with Gasteiger partial charge in [-0.1, -0.05) is 12.1 Å². The Bertz CT molecular complexity index is 795. The van der Waals surface area contributed by atoms with Crippen molar-refractivity contribution in [1.82, 2.24) is 10.2 Å². The minimum absolute atomic E-state index is 0.0740. The largest absolute Gasteiger partial charge is 0.490 e. The number of hydrogen-bond donors (Lipinski definition) is 1. The van der Waals surface area contributed by atoms with Crippen molar-refractivity contribution in [1.29, 1.82) is 0 Å². The lowest BCUT2D eigenvalue weighted by molar-refractivity contribution is -0.136. The molecular formula is C19H22F2N2O5. The standard InChI is InChI=1S/C19H22F2N2O5/c1-5-9-23-11(3)15(17(24)26-4)16(22-19(23)25)12-7-8-13(28-18(20)21)14(10-12)27-6-2/h5,7-8,10,16,18H,1,6,9H2,2-4H3,(H,22,25)/t16-/m0/s1. The van der Waals surface area contributed by atoms with Gasteiger partial charge >= 0.3 is 18.6 Å². The van der Waals surface area contributed by atoms with Crippen LogP contribution in [-0.4, -0.2) is 43.8 Å². The Hall–Kier alpha value is -3.10. The smallest absolute Gasteiger partial charge is 0.387 e. The van der Waals surface area contributed by atoms with Gasteiger partial charge in [-0.2, -0.15) is 8.78 Å². The van der Waals surface area contributed by atoms with E-state index in [0.29, 0.717) is 11.3 Å². The predicted molar refractivity (Wildman–Crippen MR) is 97.1 cm³/mol. The molecule has 0 saturated carbocycles. The molecule has 0 saturated heterocycles. The molecular weight excluding hydrogens is 374 g/mol. The fourth-order valence-corrected chi connectivity index (χ4v) is 2.92. The van der Waals surface area contributed by atoms with Crippen LogP contribution < -0.4 is 14.8 Å². The zero-order valence-electron chi connectivity index (χ0n) is 15.8. The van der Waals surface area contributed by atoms with Gasteiger partial charge in [-0.3, -0.25) is 4.90 Å². The number of alkyl halides is 2. The summed E-state index contributed by atoms with van der Waals surface area (Å²) in [6.07, 6.45) is 1.53. The van der Waals surface area contributed by atoms with Crippen LogP contribution in [-0.2, 0) is 9.53 Å². The fraction of sp³-hybridized carbons (Fsp3) is 0.368. The van der Waals surface area contributed by atoms with Gasteiger partial charge in [-0.15, -0.1) is 6.58 Å². The number of carbonyl (C=O) groups excluding carboxylic acids is 2. The first kappa shape index (κ1) is 21.2. The molecule has 1 N–H and O–H groups in total. The lowest BCUT2D eigenvalue weighted by atomic mass is 9.94. The lowest BCUT2D eigenvalue weighted by Gasteiger charge is -2.34. The van der Waals surface area contributed by atoms with Crippen LogP contribution in [0.3, 0.4) is 0 Å². The summed E-state index contributed by atoms with van der Waals surface area (Å²) in [5.74, 6) is -0.691. The third-order valence-corrected chi connectivity index (χ3v) is 4.13. The SMILES string of the molecule is C=CCN1C(=O)N[C@@H](c2ccc(OC(F)F)c(OCC)c2)C(C(=O)OC)=C1C. The molecule has 1 aliphatic heterocycles. The van der Waals surface area contributed by atoms with Crippen LogP contribution in [0, 0.1) is 0 Å². The summed E-state index contributed by atoms with van der Waals surface area (Å²) in [4.78, 5) is 26.2. The number of allylic oxidation sites excluding steroid dienone is 1. The Kier molecular flexibility index (Phi) is 6.97. The number of methoxy groups -OCH3 is 1. The van der Waals surface area contributed by atoms with Gasteiger partial charge in [-0.25, -0.2) is 9.59 Å². The van der Waals surface area contributed by atoms with E-state index < -0.39 is 24.7 Å². The second-order valence-electron chi connectivity index (χ2n) is 5.79. The first-order valence-electron chi connectivity index (χ1n) is 8.53. The highest BCUT2D eigenvalue weighted by atomic mass is 19.3. The molecule has 7 nitrogen and oxygen atoms in total. The molecule has 0 unspecified atom stereocenters. The maximum absolute atomic E-state index is 12.6. The molecule has 0 fully saturated rings. The molecule has 1 heterocycles. The number of carbonyl (C=O) groups is 2. The number of hydrogen-bond acceptors (Lipinski definition) is 5. The topological polar surface area (TPSA) is 77.1 Å². The van der Waals surface area contributed by atoms with E-state index in [4.69, 9.17) is 9.47 Å². The molecule has 2 amide bonds. The van der Waals surface area contributed by atoms with Crippen LogP contribution in [0.4, 0.5) is 13.6 Å². The number of rotatable bonds is 8. The van der Waals surface area contributed by atoms with Crippen molar-refractivity contribution < 1.29 is 32.6 Å². The molecule has 1 aromatic carbocycles. The molecule has 1 atom stereocenters. The summed E-state index contributed by atoms with van der Waals surface area (Å²) in [5, 5.41) is 2.73. The Morgan fingerprint density at radius 2 is 2.11 bits per heavy atom. The summed E-state index contributed by atoms with van der Waals surface area (Å²) in [6, 6.07) is 2.96. The third kappa shape index (κ3) is 4.41. The number of amides is 2. The van der Waals surface area contributed by atoms with Gasteiger partial charge in [0.25, 0.3) is 0 Å². The average Bonchev–Trinajstić information content (AvgIpc) is 2.65. The first-order valence-corrected chi connectivity index (χ1v) is 8.53. The first-order chi connectivity index (χ1) is 13.3. The van der Waals surface area contributed by atoms with Crippen molar-refractivity contribution in [2.75, 3.05) is 20.3 Å². The monoisotopic (exact) mass is 396 g/mol. The van der Waals surface area contributed by atoms with Crippen LogP contribution >= 0.6 is 0 Å². The van der Waals surface area contributed by atoms with Crippen LogP contribution in [0.1, 0.15) is 25.5 Å². The van der Waals surface area contributed by atoms with Gasteiger partial charge in [0, 0.05) is 12.2 Å². The number of halogens is 2. The van der Waals surface area contributed by atoms with Gasteiger partial charge in [0.15, 0.2) is 11.5 Å². The van der Waals surface area contributed by atoms with E-state index in [1.54, 1.807) is 13.8 Å². The summed E-state index contributed by atoms with van der Waals surface area (Å²) >= 11 is 0. The lowest BCUT2D eigenvalue weighted by Crippen LogP contribution is -2.48. The van der Waals surface area contributed by atoms with E-state index in [0.717, 1.165) is 0 Å². The summed E-state index contributed by atoms with van der Waals surface area (Å²) < 4.78 is 39.9. The number of benzene rings is 1. The van der Waals surface area contributed by atoms with Gasteiger partial charge in [0.1, 0.15) is 0 Å². The Morgan fingerprint density at radius 3 is 2.68 bits per heavy atom. The van der Waals surface area contributed by atoms with E-state index >= 15 is 0 Å². The summed E-state index contributed by atoms with van der Waals surface area (Å²) in [5.41, 5.74) is 1.08. The third-order valence-electron chi connectivity index (χ3n) is 4.13. The molecule has 1 aliphatic rings. The van der Waals surface area contributed by atoms with Crippen molar-refractivity contribution >= 4 is 12.0 Å². The number of urea groups is 1. The molecule has 9 heteroatoms. The highest BCUT2D eigenvalue weighted by Crippen LogP contribution is 2.36. The highest BCUT2D eigenvalue weighted by molar-refractivity contribution is 5.95. The predicted octanol–water partition coefficient (Wildman–Crippen LogP) is 3.39. The van der Waals surface area contributed by atoms with Crippen LogP contribution in [0.2, 0.25) is 0 Å². The zero-order chi connectivity index (χ0) is 20.8. The number of esters is 1. The molecule has 152 valence electrons. The Morgan fingerprint density at radius 1 is 1.39 bits per heavy atom. The Balaban J connectivity index is 2.54. The summed E-state index contributed by atoms with van der Waals surface area (Å²) in [7, 11) is 1.24. The van der Waals surface area contributed by atoms with E-state index in [2.05, 4.69) is 16.6 Å².